The molecule has 0 aliphatic carbocycles. The number of amides is 1. The van der Waals surface area contributed by atoms with Crippen LogP contribution in [0.1, 0.15) is 23.7 Å². The molecule has 0 aliphatic heterocycles. The second-order valence-corrected chi connectivity index (χ2v) is 3.73. The lowest BCUT2D eigenvalue weighted by atomic mass is 10.0. The molecule has 18 heavy (non-hydrogen) atoms. The van der Waals surface area contributed by atoms with Crippen LogP contribution < -0.4 is 5.32 Å². The molecule has 0 heterocycles. The van der Waals surface area contributed by atoms with Gasteiger partial charge in [0.05, 0.1) is 0 Å². The van der Waals surface area contributed by atoms with E-state index in [2.05, 4.69) is 5.32 Å². The highest BCUT2D eigenvalue weighted by atomic mass is 19.1. The third-order valence-corrected chi connectivity index (χ3v) is 2.21. The van der Waals surface area contributed by atoms with Gasteiger partial charge in [-0.15, -0.1) is 0 Å². The molecule has 2 N–H and O–H groups in total. The van der Waals surface area contributed by atoms with Crippen LogP contribution in [0.3, 0.4) is 0 Å². The fourth-order valence-corrected chi connectivity index (χ4v) is 1.41. The molecule has 96 valence electrons. The molecular weight excluding hydrogens is 241 g/mol. The van der Waals surface area contributed by atoms with Crippen molar-refractivity contribution in [3.63, 3.8) is 0 Å². The van der Waals surface area contributed by atoms with Crippen LogP contribution in [0.4, 0.5) is 4.39 Å². The van der Waals surface area contributed by atoms with E-state index in [0.29, 0.717) is 0 Å². The predicted octanol–water partition coefficient (Wildman–Crippen LogP) is 0.988. The number of carbonyl (C=O) groups is 3. The molecule has 1 rings (SSSR count). The van der Waals surface area contributed by atoms with Gasteiger partial charge in [0.1, 0.15) is 11.9 Å². The summed E-state index contributed by atoms with van der Waals surface area (Å²) in [5.41, 5.74) is 0.0756. The first-order valence-electron chi connectivity index (χ1n) is 5.19. The Morgan fingerprint density at radius 2 is 2.06 bits per heavy atom. The Morgan fingerprint density at radius 3 is 2.56 bits per heavy atom. The fourth-order valence-electron chi connectivity index (χ4n) is 1.41. The van der Waals surface area contributed by atoms with Crippen LogP contribution >= 0.6 is 0 Å². The van der Waals surface area contributed by atoms with Gasteiger partial charge in [-0.1, -0.05) is 12.1 Å². The first-order chi connectivity index (χ1) is 8.40. The summed E-state index contributed by atoms with van der Waals surface area (Å²) in [4.78, 5) is 33.3. The molecule has 1 atom stereocenters. The molecule has 0 fully saturated rings. The van der Waals surface area contributed by atoms with Gasteiger partial charge in [0, 0.05) is 18.9 Å². The number of hydrogen-bond acceptors (Lipinski definition) is 3. The third-order valence-electron chi connectivity index (χ3n) is 2.21. The molecule has 6 heteroatoms. The minimum Gasteiger partial charge on any atom is -0.480 e. The van der Waals surface area contributed by atoms with Crippen molar-refractivity contribution in [3.05, 3.63) is 35.6 Å². The number of benzene rings is 1. The highest BCUT2D eigenvalue weighted by Gasteiger charge is 2.22. The number of aliphatic carboxylic acids is 1. The van der Waals surface area contributed by atoms with Gasteiger partial charge in [-0.2, -0.15) is 0 Å². The van der Waals surface area contributed by atoms with E-state index in [4.69, 9.17) is 5.11 Å². The Kier molecular flexibility index (Phi) is 4.53. The summed E-state index contributed by atoms with van der Waals surface area (Å²) in [6.45, 7) is 1.16. The maximum absolute atomic E-state index is 12.9. The normalized spacial score (nSPS) is 11.7. The molecule has 0 aliphatic rings. The SMILES string of the molecule is CC(=O)NC(CC(=O)c1cccc(F)c1)C(=O)O. The summed E-state index contributed by atoms with van der Waals surface area (Å²) >= 11 is 0. The van der Waals surface area contributed by atoms with Gasteiger partial charge in [-0.25, -0.2) is 9.18 Å². The van der Waals surface area contributed by atoms with Gasteiger partial charge >= 0.3 is 5.97 Å². The van der Waals surface area contributed by atoms with Crippen molar-refractivity contribution in [3.8, 4) is 0 Å². The Labute approximate surface area is 103 Å². The monoisotopic (exact) mass is 253 g/mol. The van der Waals surface area contributed by atoms with Gasteiger partial charge in [-0.05, 0) is 12.1 Å². The molecule has 1 aromatic carbocycles. The van der Waals surface area contributed by atoms with Crippen LogP contribution in [0.2, 0.25) is 0 Å². The lowest BCUT2D eigenvalue weighted by molar-refractivity contribution is -0.141. The summed E-state index contributed by atoms with van der Waals surface area (Å²) in [5.74, 6) is -2.98. The summed E-state index contributed by atoms with van der Waals surface area (Å²) < 4.78 is 12.9. The van der Waals surface area contributed by atoms with Crippen LogP contribution in [0.5, 0.6) is 0 Å². The molecule has 0 bridgehead atoms. The number of nitrogens with one attached hydrogen (secondary N) is 1. The average Bonchev–Trinajstić information content (AvgIpc) is 2.27. The number of carboxylic acid groups (broad SMARTS) is 1. The van der Waals surface area contributed by atoms with Crippen LogP contribution in [-0.4, -0.2) is 28.8 Å². The van der Waals surface area contributed by atoms with Gasteiger partial charge in [0.15, 0.2) is 5.78 Å². The number of hydrogen-bond donors (Lipinski definition) is 2. The number of Topliss-reactive ketones (excluding diaryl/α,β-unsaturated/α-hetero) is 1. The summed E-state index contributed by atoms with van der Waals surface area (Å²) in [6, 6.07) is 3.64. The zero-order valence-corrected chi connectivity index (χ0v) is 9.64. The van der Waals surface area contributed by atoms with Crippen LogP contribution in [0.15, 0.2) is 24.3 Å². The quantitative estimate of drug-likeness (QED) is 0.766. The zero-order valence-electron chi connectivity index (χ0n) is 9.64. The first kappa shape index (κ1) is 13.8. The van der Waals surface area contributed by atoms with Crippen molar-refractivity contribution in [1.29, 1.82) is 0 Å². The van der Waals surface area contributed by atoms with Crippen molar-refractivity contribution >= 4 is 17.7 Å². The van der Waals surface area contributed by atoms with Crippen molar-refractivity contribution < 1.29 is 23.9 Å². The van der Waals surface area contributed by atoms with E-state index >= 15 is 0 Å². The fraction of sp³-hybridized carbons (Fsp3) is 0.250. The van der Waals surface area contributed by atoms with Crippen molar-refractivity contribution in [1.82, 2.24) is 5.32 Å². The highest BCUT2D eigenvalue weighted by Crippen LogP contribution is 2.08. The van der Waals surface area contributed by atoms with Gasteiger partial charge in [-0.3, -0.25) is 9.59 Å². The molecule has 0 spiro atoms. The molecular formula is C12H12FNO4. The molecule has 5 nitrogen and oxygen atoms in total. The molecule has 1 aromatic rings. The van der Waals surface area contributed by atoms with Gasteiger partial charge in [0.2, 0.25) is 5.91 Å². The predicted molar refractivity (Wildman–Crippen MR) is 60.6 cm³/mol. The molecule has 0 saturated carbocycles. The topological polar surface area (TPSA) is 83.5 Å². The number of halogens is 1. The number of carbonyl (C=O) groups excluding carboxylic acids is 2. The van der Waals surface area contributed by atoms with Crippen LogP contribution in [-0.2, 0) is 9.59 Å². The number of ketones is 1. The average molecular weight is 253 g/mol. The minimum absolute atomic E-state index is 0.0756. The molecule has 1 amide bonds. The Hall–Kier alpha value is -2.24. The van der Waals surface area contributed by atoms with E-state index in [1.54, 1.807) is 0 Å². The van der Waals surface area contributed by atoms with E-state index in [1.165, 1.54) is 18.2 Å². The second kappa shape index (κ2) is 5.90. The minimum atomic E-state index is -1.31. The Bertz CT molecular complexity index is 487. The second-order valence-electron chi connectivity index (χ2n) is 3.73. The summed E-state index contributed by atoms with van der Waals surface area (Å²) in [7, 11) is 0. The number of carboxylic acids is 1. The van der Waals surface area contributed by atoms with E-state index < -0.39 is 35.9 Å². The third kappa shape index (κ3) is 3.97. The molecule has 0 radical (unpaired) electrons. The zero-order chi connectivity index (χ0) is 13.7. The smallest absolute Gasteiger partial charge is 0.326 e. The Morgan fingerprint density at radius 1 is 1.39 bits per heavy atom. The molecule has 0 aromatic heterocycles. The maximum atomic E-state index is 12.9. The molecule has 0 saturated heterocycles. The van der Waals surface area contributed by atoms with E-state index in [9.17, 15) is 18.8 Å². The van der Waals surface area contributed by atoms with Crippen molar-refractivity contribution in [2.75, 3.05) is 0 Å². The number of rotatable bonds is 5. The van der Waals surface area contributed by atoms with Crippen LogP contribution in [0, 0.1) is 5.82 Å². The summed E-state index contributed by atoms with van der Waals surface area (Å²) in [6.07, 6.45) is -0.418. The largest absolute Gasteiger partial charge is 0.480 e. The van der Waals surface area contributed by atoms with E-state index in [-0.39, 0.29) is 5.56 Å². The highest BCUT2D eigenvalue weighted by molar-refractivity contribution is 5.99. The van der Waals surface area contributed by atoms with Gasteiger partial charge < -0.3 is 10.4 Å². The maximum Gasteiger partial charge on any atom is 0.326 e. The Balaban J connectivity index is 2.78. The summed E-state index contributed by atoms with van der Waals surface area (Å²) in [5, 5.41) is 11.0. The van der Waals surface area contributed by atoms with E-state index in [0.717, 1.165) is 13.0 Å². The lowest BCUT2D eigenvalue weighted by Gasteiger charge is -2.12. The van der Waals surface area contributed by atoms with Crippen molar-refractivity contribution in [2.45, 2.75) is 19.4 Å². The first-order valence-corrected chi connectivity index (χ1v) is 5.19. The van der Waals surface area contributed by atoms with E-state index in [1.807, 2.05) is 0 Å². The lowest BCUT2D eigenvalue weighted by Crippen LogP contribution is -2.41. The van der Waals surface area contributed by atoms with Crippen molar-refractivity contribution in [2.24, 2.45) is 0 Å². The van der Waals surface area contributed by atoms with Crippen LogP contribution in [0.25, 0.3) is 0 Å². The standard InChI is InChI=1S/C12H12FNO4/c1-7(15)14-10(12(17)18)6-11(16)8-3-2-4-9(13)5-8/h2-5,10H,6H2,1H3,(H,14,15)(H,17,18). The van der Waals surface area contributed by atoms with Gasteiger partial charge in [0.25, 0.3) is 0 Å². The molecule has 1 unspecified atom stereocenters.